The molecule has 0 aliphatic rings. The zero-order valence-electron chi connectivity index (χ0n) is 15.7. The lowest BCUT2D eigenvalue weighted by Gasteiger charge is -2.19. The highest BCUT2D eigenvalue weighted by Crippen LogP contribution is 2.34. The third kappa shape index (κ3) is 4.23. The highest BCUT2D eigenvalue weighted by atomic mass is 35.5. The molecule has 7 heteroatoms. The molecule has 0 saturated carbocycles. The number of rotatable bonds is 6. The van der Waals surface area contributed by atoms with Crippen LogP contribution in [0.3, 0.4) is 0 Å². The van der Waals surface area contributed by atoms with Crippen LogP contribution in [-0.4, -0.2) is 22.5 Å². The van der Waals surface area contributed by atoms with E-state index in [0.717, 1.165) is 16.1 Å². The summed E-state index contributed by atoms with van der Waals surface area (Å²) in [7, 11) is 0. The van der Waals surface area contributed by atoms with Crippen molar-refractivity contribution in [2.24, 2.45) is 0 Å². The van der Waals surface area contributed by atoms with Gasteiger partial charge in [0.1, 0.15) is 11.3 Å². The fourth-order valence-corrected chi connectivity index (χ4v) is 4.18. The Hall–Kier alpha value is -2.96. The Morgan fingerprint density at radius 3 is 2.62 bits per heavy atom. The molecule has 0 bridgehead atoms. The number of para-hydroxylation sites is 1. The Kier molecular flexibility index (Phi) is 5.74. The molecule has 0 aliphatic heterocycles. The fourth-order valence-electron chi connectivity index (χ4n) is 2.91. The van der Waals surface area contributed by atoms with E-state index in [2.05, 4.69) is 9.97 Å². The van der Waals surface area contributed by atoms with Crippen molar-refractivity contribution < 1.29 is 9.53 Å². The predicted octanol–water partition coefficient (Wildman–Crippen LogP) is 5.59. The summed E-state index contributed by atoms with van der Waals surface area (Å²) in [5, 5.41) is 1.15. The molecule has 2 aromatic heterocycles. The highest BCUT2D eigenvalue weighted by Gasteiger charge is 2.23. The van der Waals surface area contributed by atoms with Crippen LogP contribution in [0.5, 0.6) is 5.75 Å². The number of benzene rings is 2. The van der Waals surface area contributed by atoms with Crippen LogP contribution in [0.25, 0.3) is 10.2 Å². The lowest BCUT2D eigenvalue weighted by atomic mass is 10.2. The lowest BCUT2D eigenvalue weighted by molar-refractivity contribution is 0.0985. The molecule has 0 saturated heterocycles. The number of carbonyl (C=O) groups excluding carboxylic acids is 1. The van der Waals surface area contributed by atoms with Gasteiger partial charge in [0.05, 0.1) is 28.6 Å². The van der Waals surface area contributed by atoms with Gasteiger partial charge in [0.25, 0.3) is 5.91 Å². The quantitative estimate of drug-likeness (QED) is 0.405. The summed E-state index contributed by atoms with van der Waals surface area (Å²) in [5.74, 6) is 0.570. The topological polar surface area (TPSA) is 55.3 Å². The van der Waals surface area contributed by atoms with Crippen LogP contribution in [0, 0.1) is 0 Å². The number of nitrogens with zero attached hydrogens (tertiary/aromatic N) is 3. The SMILES string of the molecule is CCOc1ccc(C(=O)N(Cc2ccccn2)c2nc3c(Cl)cccc3s2)cc1. The normalized spacial score (nSPS) is 10.8. The molecular weight excluding hydrogens is 406 g/mol. The number of carbonyl (C=O) groups is 1. The number of fused-ring (bicyclic) bond motifs is 1. The van der Waals surface area contributed by atoms with Gasteiger partial charge >= 0.3 is 0 Å². The molecule has 1 amide bonds. The molecule has 146 valence electrons. The number of pyridine rings is 1. The van der Waals surface area contributed by atoms with Crippen LogP contribution in [0.2, 0.25) is 5.02 Å². The van der Waals surface area contributed by atoms with Crippen LogP contribution in [0.15, 0.2) is 66.9 Å². The third-order valence-corrected chi connectivity index (χ3v) is 5.64. The first kappa shape index (κ1) is 19.4. The second-order valence-electron chi connectivity index (χ2n) is 6.25. The maximum atomic E-state index is 13.4. The Morgan fingerprint density at radius 2 is 1.93 bits per heavy atom. The zero-order chi connectivity index (χ0) is 20.2. The number of hydrogen-bond donors (Lipinski definition) is 0. The van der Waals surface area contributed by atoms with E-state index in [9.17, 15) is 4.79 Å². The second-order valence-corrected chi connectivity index (χ2v) is 7.67. The van der Waals surface area contributed by atoms with Crippen molar-refractivity contribution in [2.75, 3.05) is 11.5 Å². The number of aromatic nitrogens is 2. The molecule has 2 aromatic carbocycles. The van der Waals surface area contributed by atoms with E-state index in [1.807, 2.05) is 37.3 Å². The number of halogens is 1. The Bertz CT molecular complexity index is 1130. The fraction of sp³-hybridized carbons (Fsp3) is 0.136. The van der Waals surface area contributed by atoms with Crippen molar-refractivity contribution >= 4 is 44.2 Å². The van der Waals surface area contributed by atoms with E-state index in [1.165, 1.54) is 11.3 Å². The van der Waals surface area contributed by atoms with Crippen LogP contribution < -0.4 is 9.64 Å². The largest absolute Gasteiger partial charge is 0.494 e. The molecule has 29 heavy (non-hydrogen) atoms. The maximum absolute atomic E-state index is 13.4. The van der Waals surface area contributed by atoms with Gasteiger partial charge in [-0.15, -0.1) is 0 Å². The Labute approximate surface area is 177 Å². The number of ether oxygens (including phenoxy) is 1. The van der Waals surface area contributed by atoms with Crippen molar-refractivity contribution in [2.45, 2.75) is 13.5 Å². The van der Waals surface area contributed by atoms with Crippen LogP contribution in [0.4, 0.5) is 5.13 Å². The van der Waals surface area contributed by atoms with Gasteiger partial charge < -0.3 is 4.74 Å². The predicted molar refractivity (Wildman–Crippen MR) is 117 cm³/mol. The van der Waals surface area contributed by atoms with E-state index >= 15 is 0 Å². The standard InChI is InChI=1S/C22H18ClN3O2S/c1-2-28-17-11-9-15(10-12-17)21(27)26(14-16-6-3-4-13-24-16)22-25-20-18(23)7-5-8-19(20)29-22/h3-13H,2,14H2,1H3. The summed E-state index contributed by atoms with van der Waals surface area (Å²) in [6.45, 7) is 2.81. The van der Waals surface area contributed by atoms with Gasteiger partial charge in [0, 0.05) is 11.8 Å². The van der Waals surface area contributed by atoms with Gasteiger partial charge in [-0.2, -0.15) is 0 Å². The van der Waals surface area contributed by atoms with Crippen LogP contribution >= 0.6 is 22.9 Å². The van der Waals surface area contributed by atoms with E-state index in [-0.39, 0.29) is 5.91 Å². The summed E-state index contributed by atoms with van der Waals surface area (Å²) >= 11 is 7.72. The summed E-state index contributed by atoms with van der Waals surface area (Å²) in [6.07, 6.45) is 1.71. The van der Waals surface area contributed by atoms with E-state index in [0.29, 0.717) is 34.4 Å². The van der Waals surface area contributed by atoms with E-state index in [1.54, 1.807) is 41.4 Å². The molecule has 0 unspecified atom stereocenters. The van der Waals surface area contributed by atoms with Crippen LogP contribution in [-0.2, 0) is 6.54 Å². The first-order valence-electron chi connectivity index (χ1n) is 9.15. The number of anilines is 1. The molecule has 4 aromatic rings. The Balaban J connectivity index is 1.72. The molecule has 2 heterocycles. The van der Waals surface area contributed by atoms with Crippen molar-refractivity contribution in [3.05, 3.63) is 83.1 Å². The summed E-state index contributed by atoms with van der Waals surface area (Å²) in [4.78, 5) is 24.0. The summed E-state index contributed by atoms with van der Waals surface area (Å²) in [5.41, 5.74) is 2.02. The molecule has 0 N–H and O–H groups in total. The average molecular weight is 424 g/mol. The monoisotopic (exact) mass is 423 g/mol. The van der Waals surface area contributed by atoms with Crippen molar-refractivity contribution in [3.63, 3.8) is 0 Å². The van der Waals surface area contributed by atoms with Crippen LogP contribution in [0.1, 0.15) is 23.0 Å². The number of amides is 1. The highest BCUT2D eigenvalue weighted by molar-refractivity contribution is 7.22. The van der Waals surface area contributed by atoms with Gasteiger partial charge in [0.15, 0.2) is 5.13 Å². The van der Waals surface area contributed by atoms with E-state index in [4.69, 9.17) is 16.3 Å². The second kappa shape index (κ2) is 8.59. The molecule has 0 aliphatic carbocycles. The molecule has 4 rings (SSSR count). The molecule has 0 fully saturated rings. The van der Waals surface area contributed by atoms with Gasteiger partial charge in [-0.25, -0.2) is 4.98 Å². The molecular formula is C22H18ClN3O2S. The molecule has 5 nitrogen and oxygen atoms in total. The van der Waals surface area contributed by atoms with E-state index < -0.39 is 0 Å². The van der Waals surface area contributed by atoms with Crippen molar-refractivity contribution in [3.8, 4) is 5.75 Å². The minimum atomic E-state index is -0.158. The third-order valence-electron chi connectivity index (χ3n) is 4.29. The Morgan fingerprint density at radius 1 is 1.10 bits per heavy atom. The van der Waals surface area contributed by atoms with Gasteiger partial charge in [0.2, 0.25) is 0 Å². The van der Waals surface area contributed by atoms with Crippen molar-refractivity contribution in [1.82, 2.24) is 9.97 Å². The minimum absolute atomic E-state index is 0.158. The summed E-state index contributed by atoms with van der Waals surface area (Å²) < 4.78 is 6.40. The summed E-state index contributed by atoms with van der Waals surface area (Å²) in [6, 6.07) is 18.4. The van der Waals surface area contributed by atoms with Gasteiger partial charge in [-0.1, -0.05) is 35.1 Å². The molecule has 0 spiro atoms. The first-order chi connectivity index (χ1) is 14.2. The smallest absolute Gasteiger partial charge is 0.260 e. The average Bonchev–Trinajstić information content (AvgIpc) is 3.18. The lowest BCUT2D eigenvalue weighted by Crippen LogP contribution is -2.30. The van der Waals surface area contributed by atoms with Crippen molar-refractivity contribution in [1.29, 1.82) is 0 Å². The maximum Gasteiger partial charge on any atom is 0.260 e. The zero-order valence-corrected chi connectivity index (χ0v) is 17.3. The number of thiazole rings is 1. The van der Waals surface area contributed by atoms with Gasteiger partial charge in [-0.3, -0.25) is 14.7 Å². The minimum Gasteiger partial charge on any atom is -0.494 e. The van der Waals surface area contributed by atoms with Gasteiger partial charge in [-0.05, 0) is 55.5 Å². The molecule has 0 radical (unpaired) electrons. The number of hydrogen-bond acceptors (Lipinski definition) is 5. The first-order valence-corrected chi connectivity index (χ1v) is 10.3. The molecule has 0 atom stereocenters.